The smallest absolute Gasteiger partial charge is 0.336 e. The van der Waals surface area contributed by atoms with Crippen LogP contribution in [0.5, 0.6) is 0 Å². The molecule has 0 bridgehead atoms. The van der Waals surface area contributed by atoms with E-state index in [0.29, 0.717) is 0 Å². The van der Waals surface area contributed by atoms with E-state index in [9.17, 15) is 9.59 Å². The van der Waals surface area contributed by atoms with E-state index < -0.39 is 11.9 Å². The van der Waals surface area contributed by atoms with Crippen LogP contribution < -0.4 is 0 Å². The Bertz CT molecular complexity index is 322. The Kier molecular flexibility index (Phi) is 7.33. The van der Waals surface area contributed by atoms with E-state index in [-0.39, 0.29) is 22.9 Å². The SMILES string of the molecule is O=C(O)C(/C=C/CCl)=C(/C=C/CCl)C(=O)O. The van der Waals surface area contributed by atoms with Crippen LogP contribution in [0.25, 0.3) is 0 Å². The molecule has 0 aromatic heterocycles. The molecule has 0 amide bonds. The Morgan fingerprint density at radius 1 is 0.875 bits per heavy atom. The van der Waals surface area contributed by atoms with Gasteiger partial charge in [0.15, 0.2) is 0 Å². The predicted molar refractivity (Wildman–Crippen MR) is 62.0 cm³/mol. The van der Waals surface area contributed by atoms with Crippen LogP contribution in [0.15, 0.2) is 35.5 Å². The summed E-state index contributed by atoms with van der Waals surface area (Å²) in [5, 5.41) is 17.7. The summed E-state index contributed by atoms with van der Waals surface area (Å²) >= 11 is 10.7. The number of rotatable bonds is 6. The van der Waals surface area contributed by atoms with Crippen molar-refractivity contribution in [2.45, 2.75) is 0 Å². The zero-order chi connectivity index (χ0) is 12.6. The zero-order valence-electron chi connectivity index (χ0n) is 8.19. The van der Waals surface area contributed by atoms with E-state index in [0.717, 1.165) is 12.2 Å². The number of hydrogen-bond acceptors (Lipinski definition) is 2. The van der Waals surface area contributed by atoms with Crippen LogP contribution in [-0.4, -0.2) is 33.9 Å². The maximum atomic E-state index is 10.8. The van der Waals surface area contributed by atoms with Gasteiger partial charge in [-0.2, -0.15) is 0 Å². The summed E-state index contributed by atoms with van der Waals surface area (Å²) in [5.41, 5.74) is -0.677. The Labute approximate surface area is 102 Å². The second kappa shape index (κ2) is 7.96. The van der Waals surface area contributed by atoms with Crippen molar-refractivity contribution in [1.82, 2.24) is 0 Å². The summed E-state index contributed by atoms with van der Waals surface area (Å²) < 4.78 is 0. The molecule has 6 heteroatoms. The quantitative estimate of drug-likeness (QED) is 0.438. The van der Waals surface area contributed by atoms with Gasteiger partial charge in [0.2, 0.25) is 0 Å². The molecule has 0 saturated carbocycles. The Balaban J connectivity index is 5.44. The highest BCUT2D eigenvalue weighted by Gasteiger charge is 2.15. The summed E-state index contributed by atoms with van der Waals surface area (Å²) in [4.78, 5) is 21.7. The van der Waals surface area contributed by atoms with Crippen LogP contribution in [0.4, 0.5) is 0 Å². The number of aliphatic carboxylic acids is 2. The number of carbonyl (C=O) groups is 2. The molecule has 0 radical (unpaired) electrons. The van der Waals surface area contributed by atoms with Gasteiger partial charge in [-0.3, -0.25) is 0 Å². The lowest BCUT2D eigenvalue weighted by molar-refractivity contribution is -0.135. The molecule has 0 aliphatic heterocycles. The molecule has 0 atom stereocenters. The highest BCUT2D eigenvalue weighted by Crippen LogP contribution is 2.10. The minimum absolute atomic E-state index is 0.100. The van der Waals surface area contributed by atoms with Gasteiger partial charge in [-0.15, -0.1) is 23.2 Å². The van der Waals surface area contributed by atoms with Gasteiger partial charge in [0, 0.05) is 11.8 Å². The van der Waals surface area contributed by atoms with Crippen molar-refractivity contribution in [3.63, 3.8) is 0 Å². The highest BCUT2D eigenvalue weighted by atomic mass is 35.5. The number of carboxylic acids is 2. The highest BCUT2D eigenvalue weighted by molar-refractivity contribution is 6.19. The Morgan fingerprint density at radius 3 is 1.38 bits per heavy atom. The molecular weight excluding hydrogens is 255 g/mol. The Morgan fingerprint density at radius 2 is 1.19 bits per heavy atom. The van der Waals surface area contributed by atoms with E-state index >= 15 is 0 Å². The molecule has 88 valence electrons. The third-order valence-corrected chi connectivity index (χ3v) is 1.85. The second-order valence-corrected chi connectivity index (χ2v) is 3.17. The van der Waals surface area contributed by atoms with Crippen LogP contribution in [0.3, 0.4) is 0 Å². The van der Waals surface area contributed by atoms with E-state index in [4.69, 9.17) is 33.4 Å². The van der Waals surface area contributed by atoms with Gasteiger partial charge < -0.3 is 10.2 Å². The van der Waals surface area contributed by atoms with Crippen LogP contribution >= 0.6 is 23.2 Å². The molecular formula is C10H10Cl2O4. The van der Waals surface area contributed by atoms with Gasteiger partial charge in [0.25, 0.3) is 0 Å². The van der Waals surface area contributed by atoms with Crippen molar-refractivity contribution in [3.8, 4) is 0 Å². The van der Waals surface area contributed by atoms with Crippen molar-refractivity contribution in [3.05, 3.63) is 35.5 Å². The number of allylic oxidation sites excluding steroid dienone is 2. The average molecular weight is 265 g/mol. The maximum absolute atomic E-state index is 10.8. The number of carboxylic acid groups (broad SMARTS) is 2. The van der Waals surface area contributed by atoms with E-state index in [1.54, 1.807) is 0 Å². The summed E-state index contributed by atoms with van der Waals surface area (Å²) in [6.07, 6.45) is 5.00. The van der Waals surface area contributed by atoms with Gasteiger partial charge in [-0.05, 0) is 12.2 Å². The Hall–Kier alpha value is -1.26. The van der Waals surface area contributed by atoms with E-state index in [1.165, 1.54) is 12.2 Å². The molecule has 2 N–H and O–H groups in total. The van der Waals surface area contributed by atoms with Gasteiger partial charge >= 0.3 is 11.9 Å². The molecule has 0 saturated heterocycles. The summed E-state index contributed by atoms with van der Waals surface area (Å²) in [5.74, 6) is -2.47. The number of alkyl halides is 2. The second-order valence-electron chi connectivity index (χ2n) is 2.55. The molecule has 0 aromatic carbocycles. The molecule has 0 rings (SSSR count). The average Bonchev–Trinajstić information content (AvgIpc) is 2.21. The summed E-state index contributed by atoms with van der Waals surface area (Å²) in [6, 6.07) is 0. The topological polar surface area (TPSA) is 74.6 Å². The third kappa shape index (κ3) is 5.00. The summed E-state index contributed by atoms with van der Waals surface area (Å²) in [7, 11) is 0. The fraction of sp³-hybridized carbons (Fsp3) is 0.200. The zero-order valence-corrected chi connectivity index (χ0v) is 9.70. The van der Waals surface area contributed by atoms with Crippen molar-refractivity contribution < 1.29 is 19.8 Å². The monoisotopic (exact) mass is 264 g/mol. The lowest BCUT2D eigenvalue weighted by Crippen LogP contribution is -2.08. The fourth-order valence-electron chi connectivity index (χ4n) is 0.877. The van der Waals surface area contributed by atoms with Crippen molar-refractivity contribution in [2.24, 2.45) is 0 Å². The lowest BCUT2D eigenvalue weighted by atomic mass is 10.1. The minimum atomic E-state index is -1.34. The number of halogens is 2. The number of hydrogen-bond donors (Lipinski definition) is 2. The molecule has 0 aliphatic rings. The maximum Gasteiger partial charge on any atom is 0.336 e. The molecule has 4 nitrogen and oxygen atoms in total. The molecule has 0 unspecified atom stereocenters. The minimum Gasteiger partial charge on any atom is -0.478 e. The van der Waals surface area contributed by atoms with Gasteiger partial charge in [0.05, 0.1) is 11.1 Å². The molecule has 0 spiro atoms. The van der Waals surface area contributed by atoms with Crippen LogP contribution in [0.1, 0.15) is 0 Å². The standard InChI is InChI=1S/C10H10Cl2O4/c11-5-1-3-7(9(13)14)8(10(15)16)4-2-6-12/h1-4H,5-6H2,(H,13,14)(H,15,16)/b3-1+,4-2+,8-7-. The molecule has 0 aliphatic carbocycles. The molecule has 0 aromatic rings. The third-order valence-electron chi connectivity index (χ3n) is 1.50. The van der Waals surface area contributed by atoms with Crippen LogP contribution in [0, 0.1) is 0 Å². The molecule has 0 fully saturated rings. The van der Waals surface area contributed by atoms with Crippen molar-refractivity contribution in [1.29, 1.82) is 0 Å². The van der Waals surface area contributed by atoms with Crippen LogP contribution in [0.2, 0.25) is 0 Å². The van der Waals surface area contributed by atoms with Gasteiger partial charge in [-0.1, -0.05) is 12.2 Å². The van der Waals surface area contributed by atoms with Gasteiger partial charge in [0.1, 0.15) is 0 Å². The first-order chi connectivity index (χ1) is 7.54. The summed E-state index contributed by atoms with van der Waals surface area (Å²) in [6.45, 7) is 0. The molecule has 16 heavy (non-hydrogen) atoms. The normalized spacial score (nSPS) is 13.1. The fourth-order valence-corrected chi connectivity index (χ4v) is 1.06. The van der Waals surface area contributed by atoms with E-state index in [1.807, 2.05) is 0 Å². The first-order valence-corrected chi connectivity index (χ1v) is 5.27. The first kappa shape index (κ1) is 14.7. The predicted octanol–water partition coefficient (Wildman–Crippen LogP) is 2.04. The van der Waals surface area contributed by atoms with Crippen molar-refractivity contribution >= 4 is 35.1 Å². The van der Waals surface area contributed by atoms with Crippen molar-refractivity contribution in [2.75, 3.05) is 11.8 Å². The molecule has 0 heterocycles. The first-order valence-electron chi connectivity index (χ1n) is 4.20. The van der Waals surface area contributed by atoms with Crippen LogP contribution in [-0.2, 0) is 9.59 Å². The largest absolute Gasteiger partial charge is 0.478 e. The van der Waals surface area contributed by atoms with E-state index in [2.05, 4.69) is 0 Å². The lowest BCUT2D eigenvalue weighted by Gasteiger charge is -2.00. The van der Waals surface area contributed by atoms with Gasteiger partial charge in [-0.25, -0.2) is 9.59 Å².